The van der Waals surface area contributed by atoms with Gasteiger partial charge in [0.05, 0.1) is 29.2 Å². The van der Waals surface area contributed by atoms with Gasteiger partial charge in [0.15, 0.2) is 0 Å². The molecule has 0 unspecified atom stereocenters. The first-order valence-electron chi connectivity index (χ1n) is 7.44. The highest BCUT2D eigenvalue weighted by Crippen LogP contribution is 2.25. The van der Waals surface area contributed by atoms with Gasteiger partial charge in [0.2, 0.25) is 5.91 Å². The van der Waals surface area contributed by atoms with E-state index in [9.17, 15) is 4.79 Å². The largest absolute Gasteiger partial charge is 0.323 e. The average molecular weight is 361 g/mol. The highest BCUT2D eigenvalue weighted by Gasteiger charge is 2.14. The molecule has 0 fully saturated rings. The summed E-state index contributed by atoms with van der Waals surface area (Å²) in [4.78, 5) is 16.8. The number of thiazole rings is 1. The Bertz CT molecular complexity index is 883. The molecular weight excluding hydrogens is 344 g/mol. The molecule has 2 heterocycles. The molecule has 124 valence electrons. The Morgan fingerprint density at radius 2 is 2.00 bits per heavy atom. The molecule has 0 radical (unpaired) electrons. The lowest BCUT2D eigenvalue weighted by Crippen LogP contribution is -2.15. The fourth-order valence-electron chi connectivity index (χ4n) is 2.42. The molecule has 0 aliphatic carbocycles. The minimum Gasteiger partial charge on any atom is -0.323 e. The zero-order valence-corrected chi connectivity index (χ0v) is 15.2. The number of carbonyl (C=O) groups is 1. The van der Waals surface area contributed by atoms with Crippen LogP contribution < -0.4 is 5.32 Å². The summed E-state index contributed by atoms with van der Waals surface area (Å²) in [5.41, 5.74) is 4.26. The van der Waals surface area contributed by atoms with Crippen LogP contribution in [0.25, 0.3) is 10.6 Å². The van der Waals surface area contributed by atoms with Crippen LogP contribution in [0, 0.1) is 13.8 Å². The number of anilines is 1. The van der Waals surface area contributed by atoms with Crippen molar-refractivity contribution in [2.45, 2.75) is 20.3 Å². The second-order valence-corrected chi connectivity index (χ2v) is 6.84. The van der Waals surface area contributed by atoms with Gasteiger partial charge in [-0.25, -0.2) is 4.98 Å². The van der Waals surface area contributed by atoms with E-state index in [-0.39, 0.29) is 12.3 Å². The van der Waals surface area contributed by atoms with Gasteiger partial charge in [-0.2, -0.15) is 5.10 Å². The first kappa shape index (κ1) is 16.7. The lowest BCUT2D eigenvalue weighted by molar-refractivity contribution is -0.115. The maximum absolute atomic E-state index is 12.3. The van der Waals surface area contributed by atoms with Crippen molar-refractivity contribution in [3.63, 3.8) is 0 Å². The zero-order chi connectivity index (χ0) is 17.3. The van der Waals surface area contributed by atoms with Crippen molar-refractivity contribution in [1.82, 2.24) is 14.8 Å². The number of aryl methyl sites for hydroxylation is 2. The van der Waals surface area contributed by atoms with Crippen molar-refractivity contribution in [3.8, 4) is 10.6 Å². The summed E-state index contributed by atoms with van der Waals surface area (Å²) >= 11 is 7.42. The van der Waals surface area contributed by atoms with E-state index in [4.69, 9.17) is 11.6 Å². The Morgan fingerprint density at radius 3 is 2.62 bits per heavy atom. The summed E-state index contributed by atoms with van der Waals surface area (Å²) in [5.74, 6) is -0.0952. The third-order valence-electron chi connectivity index (χ3n) is 3.76. The minimum absolute atomic E-state index is 0.0952. The van der Waals surface area contributed by atoms with Crippen LogP contribution in [0.15, 0.2) is 29.6 Å². The van der Waals surface area contributed by atoms with Crippen molar-refractivity contribution < 1.29 is 4.79 Å². The van der Waals surface area contributed by atoms with Gasteiger partial charge >= 0.3 is 0 Å². The lowest BCUT2D eigenvalue weighted by atomic mass is 10.2. The lowest BCUT2D eigenvalue weighted by Gasteiger charge is -2.04. The molecule has 24 heavy (non-hydrogen) atoms. The van der Waals surface area contributed by atoms with E-state index in [0.717, 1.165) is 33.3 Å². The Balaban J connectivity index is 1.70. The van der Waals surface area contributed by atoms with E-state index in [1.54, 1.807) is 4.68 Å². The van der Waals surface area contributed by atoms with Gasteiger partial charge in [0.1, 0.15) is 5.01 Å². The monoisotopic (exact) mass is 360 g/mol. The summed E-state index contributed by atoms with van der Waals surface area (Å²) in [6, 6.07) is 7.51. The molecule has 3 rings (SSSR count). The van der Waals surface area contributed by atoms with E-state index in [0.29, 0.717) is 5.02 Å². The van der Waals surface area contributed by atoms with Crippen LogP contribution in [0.3, 0.4) is 0 Å². The molecule has 1 amide bonds. The summed E-state index contributed by atoms with van der Waals surface area (Å²) in [6.07, 6.45) is 0.234. The van der Waals surface area contributed by atoms with Gasteiger partial charge in [0, 0.05) is 23.0 Å². The molecule has 0 bridgehead atoms. The Morgan fingerprint density at radius 1 is 1.29 bits per heavy atom. The van der Waals surface area contributed by atoms with Crippen molar-refractivity contribution in [2.75, 3.05) is 5.32 Å². The van der Waals surface area contributed by atoms with E-state index in [1.165, 1.54) is 11.3 Å². The zero-order valence-electron chi connectivity index (χ0n) is 13.6. The smallest absolute Gasteiger partial charge is 0.230 e. The molecule has 2 aromatic heterocycles. The number of nitrogens with zero attached hydrogens (tertiary/aromatic N) is 3. The van der Waals surface area contributed by atoms with Crippen molar-refractivity contribution in [2.24, 2.45) is 7.05 Å². The minimum atomic E-state index is -0.0952. The molecule has 0 spiro atoms. The molecule has 0 aliphatic heterocycles. The van der Waals surface area contributed by atoms with E-state index >= 15 is 0 Å². The van der Waals surface area contributed by atoms with Crippen molar-refractivity contribution >= 4 is 34.5 Å². The van der Waals surface area contributed by atoms with Crippen LogP contribution in [0.1, 0.15) is 17.1 Å². The molecule has 5 nitrogen and oxygen atoms in total. The Hall–Kier alpha value is -2.18. The van der Waals surface area contributed by atoms with Crippen LogP contribution in [0.5, 0.6) is 0 Å². The molecule has 7 heteroatoms. The topological polar surface area (TPSA) is 59.8 Å². The number of aromatic nitrogens is 3. The molecule has 0 saturated heterocycles. The van der Waals surface area contributed by atoms with Crippen LogP contribution in [0.2, 0.25) is 5.02 Å². The Kier molecular flexibility index (Phi) is 4.69. The molecule has 0 saturated carbocycles. The highest BCUT2D eigenvalue weighted by atomic mass is 35.5. The van der Waals surface area contributed by atoms with E-state index in [1.807, 2.05) is 50.5 Å². The number of benzene rings is 1. The van der Waals surface area contributed by atoms with Gasteiger partial charge in [-0.3, -0.25) is 9.48 Å². The summed E-state index contributed by atoms with van der Waals surface area (Å²) < 4.78 is 1.76. The van der Waals surface area contributed by atoms with Crippen LogP contribution in [0.4, 0.5) is 5.69 Å². The molecular formula is C17H17ClN4OS. The molecule has 1 N–H and O–H groups in total. The van der Waals surface area contributed by atoms with E-state index < -0.39 is 0 Å². The highest BCUT2D eigenvalue weighted by molar-refractivity contribution is 7.13. The van der Waals surface area contributed by atoms with Gasteiger partial charge < -0.3 is 5.32 Å². The third kappa shape index (κ3) is 3.49. The number of hydrogen-bond acceptors (Lipinski definition) is 4. The number of nitrogens with one attached hydrogen (secondary N) is 1. The molecule has 0 aliphatic rings. The van der Waals surface area contributed by atoms with Gasteiger partial charge in [0.25, 0.3) is 0 Å². The number of carbonyl (C=O) groups excluding carboxylic acids is 1. The second-order valence-electron chi connectivity index (χ2n) is 5.55. The second kappa shape index (κ2) is 6.75. The summed E-state index contributed by atoms with van der Waals surface area (Å²) in [6.45, 7) is 3.81. The van der Waals surface area contributed by atoms with Gasteiger partial charge in [-0.1, -0.05) is 23.7 Å². The van der Waals surface area contributed by atoms with Crippen molar-refractivity contribution in [1.29, 1.82) is 0 Å². The SMILES string of the molecule is Cc1nn(C)c(C)c1NC(=O)Cc1csc(-c2ccc(Cl)cc2)n1. The first-order chi connectivity index (χ1) is 11.4. The average Bonchev–Trinajstić information content (AvgIpc) is 3.09. The van der Waals surface area contributed by atoms with Crippen LogP contribution in [-0.4, -0.2) is 20.7 Å². The number of hydrogen-bond donors (Lipinski definition) is 1. The van der Waals surface area contributed by atoms with Crippen LogP contribution >= 0.6 is 22.9 Å². The molecule has 0 atom stereocenters. The van der Waals surface area contributed by atoms with Crippen molar-refractivity contribution in [3.05, 3.63) is 51.7 Å². The maximum atomic E-state index is 12.3. The van der Waals surface area contributed by atoms with Gasteiger partial charge in [-0.05, 0) is 26.0 Å². The predicted molar refractivity (Wildman–Crippen MR) is 97.6 cm³/mol. The number of halogens is 1. The predicted octanol–water partition coefficient (Wildman–Crippen LogP) is 4.00. The van der Waals surface area contributed by atoms with Gasteiger partial charge in [-0.15, -0.1) is 11.3 Å². The number of rotatable bonds is 4. The maximum Gasteiger partial charge on any atom is 0.230 e. The standard InChI is InChI=1S/C17H17ClN4OS/c1-10-16(11(2)22(3)21-10)20-15(23)8-14-9-24-17(19-14)12-4-6-13(18)7-5-12/h4-7,9H,8H2,1-3H3,(H,20,23). The van der Waals surface area contributed by atoms with E-state index in [2.05, 4.69) is 15.4 Å². The quantitative estimate of drug-likeness (QED) is 0.765. The normalized spacial score (nSPS) is 10.8. The summed E-state index contributed by atoms with van der Waals surface area (Å²) in [7, 11) is 1.86. The molecule has 1 aromatic carbocycles. The Labute approximate surface area is 149 Å². The third-order valence-corrected chi connectivity index (χ3v) is 4.95. The number of amides is 1. The summed E-state index contributed by atoms with van der Waals surface area (Å²) in [5, 5.41) is 10.7. The molecule has 3 aromatic rings. The fourth-order valence-corrected chi connectivity index (χ4v) is 3.37. The van der Waals surface area contributed by atoms with Crippen LogP contribution in [-0.2, 0) is 18.3 Å². The fraction of sp³-hybridized carbons (Fsp3) is 0.235. The first-order valence-corrected chi connectivity index (χ1v) is 8.70.